The van der Waals surface area contributed by atoms with Crippen molar-refractivity contribution in [3.63, 3.8) is 0 Å². The minimum absolute atomic E-state index is 0.0844. The van der Waals surface area contributed by atoms with Gasteiger partial charge in [0.2, 0.25) is 0 Å². The van der Waals surface area contributed by atoms with E-state index in [0.29, 0.717) is 19.3 Å². The SMILES string of the molecule is CC/C=C\C/C=C\C/C=C\C/C=C\C/C=C\C/C=C\CCCCCCCCCCCCC(=O)OCC(COC(=O)CCCCCCC/C=C\CCCCCCC)OC(=O)CCCCCCC/C=C\CCCCCCCC. The number of hydrogen-bond donors (Lipinski definition) is 0. The highest BCUT2D eigenvalue weighted by molar-refractivity contribution is 5.71. The highest BCUT2D eigenvalue weighted by Crippen LogP contribution is 2.16. The maximum Gasteiger partial charge on any atom is 0.306 e. The molecule has 0 aromatic rings. The lowest BCUT2D eigenvalue weighted by atomic mass is 10.1. The van der Waals surface area contributed by atoms with Crippen molar-refractivity contribution in [2.75, 3.05) is 13.2 Å². The summed E-state index contributed by atoms with van der Waals surface area (Å²) < 4.78 is 16.9. The van der Waals surface area contributed by atoms with Crippen LogP contribution >= 0.6 is 0 Å². The predicted octanol–water partition coefficient (Wildman–Crippen LogP) is 22.0. The summed E-state index contributed by atoms with van der Waals surface area (Å²) in [5.41, 5.74) is 0. The second-order valence-corrected chi connectivity index (χ2v) is 21.3. The van der Waals surface area contributed by atoms with Crippen LogP contribution in [-0.4, -0.2) is 37.2 Å². The smallest absolute Gasteiger partial charge is 0.306 e. The normalized spacial score (nSPS) is 12.7. The van der Waals surface area contributed by atoms with Crippen molar-refractivity contribution in [2.45, 2.75) is 316 Å². The van der Waals surface area contributed by atoms with Crippen LogP contribution in [-0.2, 0) is 28.6 Å². The third-order valence-corrected chi connectivity index (χ3v) is 13.8. The zero-order valence-corrected chi connectivity index (χ0v) is 50.0. The van der Waals surface area contributed by atoms with Crippen molar-refractivity contribution in [2.24, 2.45) is 0 Å². The Bertz CT molecular complexity index is 1490. The van der Waals surface area contributed by atoms with Crippen LogP contribution in [0.2, 0.25) is 0 Å². The van der Waals surface area contributed by atoms with Crippen LogP contribution in [0.25, 0.3) is 0 Å². The highest BCUT2D eigenvalue weighted by atomic mass is 16.6. The maximum absolute atomic E-state index is 12.9. The van der Waals surface area contributed by atoms with E-state index in [9.17, 15) is 14.4 Å². The molecule has 0 aromatic carbocycles. The van der Waals surface area contributed by atoms with E-state index in [-0.39, 0.29) is 31.1 Å². The van der Waals surface area contributed by atoms with E-state index >= 15 is 0 Å². The van der Waals surface area contributed by atoms with Gasteiger partial charge in [0.25, 0.3) is 0 Å². The molecular weight excluding hydrogens is 937 g/mol. The number of unbranched alkanes of at least 4 members (excludes halogenated alkanes) is 31. The number of esters is 3. The topological polar surface area (TPSA) is 78.9 Å². The molecule has 0 aromatic heterocycles. The molecule has 1 atom stereocenters. The first-order chi connectivity index (χ1) is 37.5. The molecule has 0 aliphatic heterocycles. The highest BCUT2D eigenvalue weighted by Gasteiger charge is 2.19. The van der Waals surface area contributed by atoms with Crippen molar-refractivity contribution in [1.82, 2.24) is 0 Å². The molecule has 6 heteroatoms. The summed E-state index contributed by atoms with van der Waals surface area (Å²) in [6.45, 7) is 6.52. The minimum atomic E-state index is -0.787. The summed E-state index contributed by atoms with van der Waals surface area (Å²) in [7, 11) is 0. The van der Waals surface area contributed by atoms with Gasteiger partial charge in [0.1, 0.15) is 13.2 Å². The van der Waals surface area contributed by atoms with Gasteiger partial charge in [-0.15, -0.1) is 0 Å². The van der Waals surface area contributed by atoms with Crippen LogP contribution in [0.3, 0.4) is 0 Å². The maximum atomic E-state index is 12.9. The van der Waals surface area contributed by atoms with Crippen LogP contribution in [0.15, 0.2) is 97.2 Å². The summed E-state index contributed by atoms with van der Waals surface area (Å²) in [4.78, 5) is 38.3. The van der Waals surface area contributed by atoms with Crippen molar-refractivity contribution in [1.29, 1.82) is 0 Å². The van der Waals surface area contributed by atoms with Crippen LogP contribution in [0, 0.1) is 0 Å². The number of carbonyl (C=O) groups is 3. The fourth-order valence-electron chi connectivity index (χ4n) is 8.97. The Labute approximate surface area is 470 Å². The second kappa shape index (κ2) is 63.9. The van der Waals surface area contributed by atoms with E-state index in [4.69, 9.17) is 14.2 Å². The molecule has 0 saturated carbocycles. The molecule has 0 fully saturated rings. The quantitative estimate of drug-likeness (QED) is 0.0261. The first-order valence-corrected chi connectivity index (χ1v) is 32.2. The number of carbonyl (C=O) groups excluding carboxylic acids is 3. The van der Waals surface area contributed by atoms with Gasteiger partial charge in [-0.2, -0.15) is 0 Å². The van der Waals surface area contributed by atoms with Crippen LogP contribution < -0.4 is 0 Å². The summed E-state index contributed by atoms with van der Waals surface area (Å²) in [5, 5.41) is 0. The summed E-state index contributed by atoms with van der Waals surface area (Å²) >= 11 is 0. The first-order valence-electron chi connectivity index (χ1n) is 32.2. The molecule has 436 valence electrons. The molecule has 0 radical (unpaired) electrons. The van der Waals surface area contributed by atoms with Gasteiger partial charge in [-0.05, 0) is 122 Å². The Balaban J connectivity index is 4.29. The fraction of sp³-hybridized carbons (Fsp3) is 0.729. The molecule has 0 spiro atoms. The molecule has 0 aliphatic rings. The van der Waals surface area contributed by atoms with Gasteiger partial charge in [0.15, 0.2) is 6.10 Å². The van der Waals surface area contributed by atoms with Crippen molar-refractivity contribution in [3.05, 3.63) is 97.2 Å². The van der Waals surface area contributed by atoms with Crippen molar-refractivity contribution in [3.8, 4) is 0 Å². The average Bonchev–Trinajstić information content (AvgIpc) is 3.42. The Kier molecular flexibility index (Phi) is 60.8. The molecule has 0 aliphatic carbocycles. The Morgan fingerprint density at radius 1 is 0.276 bits per heavy atom. The van der Waals surface area contributed by atoms with Gasteiger partial charge >= 0.3 is 17.9 Å². The third kappa shape index (κ3) is 61.2. The molecule has 0 amide bonds. The molecular formula is C70H120O6. The number of ether oxygens (including phenoxy) is 3. The standard InChI is InChI=1S/C70H120O6/c1-4-7-10-13-16-19-22-25-28-29-30-31-32-33-34-35-36-37-38-39-40-41-43-45-48-51-54-57-60-63-69(72)75-66-67(65-74-68(71)62-59-56-53-50-47-44-27-24-21-18-15-12-9-6-3)76-70(73)64-61-58-55-52-49-46-42-26-23-20-17-14-11-8-5-2/h7,10,16,19,24-28,30-31,33-34,36-37,42,67H,4-6,8-9,11-15,17-18,20-23,29,32,35,38-41,43-66H2,1-3H3/b10-7-,19-16-,27-24-,28-25-,31-30-,34-33-,37-36-,42-26-. The number of rotatable bonds is 58. The lowest BCUT2D eigenvalue weighted by molar-refractivity contribution is -0.167. The number of hydrogen-bond acceptors (Lipinski definition) is 6. The van der Waals surface area contributed by atoms with Crippen molar-refractivity contribution < 1.29 is 28.6 Å². The van der Waals surface area contributed by atoms with Crippen LogP contribution in [0.4, 0.5) is 0 Å². The monoisotopic (exact) mass is 1060 g/mol. The van der Waals surface area contributed by atoms with E-state index < -0.39 is 6.10 Å². The number of allylic oxidation sites excluding steroid dienone is 16. The predicted molar refractivity (Wildman–Crippen MR) is 330 cm³/mol. The van der Waals surface area contributed by atoms with E-state index in [1.165, 1.54) is 154 Å². The lowest BCUT2D eigenvalue weighted by Crippen LogP contribution is -2.30. The zero-order valence-electron chi connectivity index (χ0n) is 50.0. The summed E-state index contributed by atoms with van der Waals surface area (Å²) in [5.74, 6) is -0.896. The third-order valence-electron chi connectivity index (χ3n) is 13.8. The lowest BCUT2D eigenvalue weighted by Gasteiger charge is -2.18. The molecule has 76 heavy (non-hydrogen) atoms. The van der Waals surface area contributed by atoms with E-state index in [0.717, 1.165) is 116 Å². The van der Waals surface area contributed by atoms with Crippen molar-refractivity contribution >= 4 is 17.9 Å². The minimum Gasteiger partial charge on any atom is -0.462 e. The van der Waals surface area contributed by atoms with E-state index in [1.54, 1.807) is 0 Å². The van der Waals surface area contributed by atoms with Crippen LogP contribution in [0.1, 0.15) is 310 Å². The summed E-state index contributed by atoms with van der Waals surface area (Å²) in [6.07, 6.45) is 85.5. The van der Waals surface area contributed by atoms with Gasteiger partial charge in [-0.1, -0.05) is 266 Å². The molecule has 0 heterocycles. The largest absolute Gasteiger partial charge is 0.462 e. The van der Waals surface area contributed by atoms with Gasteiger partial charge in [0.05, 0.1) is 0 Å². The fourth-order valence-corrected chi connectivity index (χ4v) is 8.97. The van der Waals surface area contributed by atoms with E-state index in [2.05, 4.69) is 118 Å². The van der Waals surface area contributed by atoms with Crippen LogP contribution in [0.5, 0.6) is 0 Å². The molecule has 0 rings (SSSR count). The Hall–Kier alpha value is -3.67. The summed E-state index contributed by atoms with van der Waals surface area (Å²) in [6, 6.07) is 0. The Morgan fingerprint density at radius 2 is 0.513 bits per heavy atom. The molecule has 0 saturated heterocycles. The van der Waals surface area contributed by atoms with Gasteiger partial charge < -0.3 is 14.2 Å². The van der Waals surface area contributed by atoms with Gasteiger partial charge in [-0.3, -0.25) is 14.4 Å². The van der Waals surface area contributed by atoms with Gasteiger partial charge in [-0.25, -0.2) is 0 Å². The zero-order chi connectivity index (χ0) is 55.0. The van der Waals surface area contributed by atoms with Gasteiger partial charge in [0, 0.05) is 19.3 Å². The van der Waals surface area contributed by atoms with E-state index in [1.807, 2.05) is 0 Å². The Morgan fingerprint density at radius 3 is 0.816 bits per heavy atom. The average molecular weight is 1060 g/mol. The second-order valence-electron chi connectivity index (χ2n) is 21.3. The molecule has 0 N–H and O–H groups in total. The molecule has 6 nitrogen and oxygen atoms in total. The molecule has 1 unspecified atom stereocenters. The molecule has 0 bridgehead atoms. The first kappa shape index (κ1) is 72.3.